The molecule has 23 heavy (non-hydrogen) atoms. The molecule has 2 nitrogen and oxygen atoms in total. The van der Waals surface area contributed by atoms with Crippen molar-refractivity contribution >= 4 is 21.9 Å². The standard InChI is InChI=1S/C21H20N2/c1-21(2,3)18-13-16(14-9-5-4-6-10-14)19-15-11-7-8-12-17(15)22-20(19)23-18/h4-13H,1-3H3,(H,22,23). The van der Waals surface area contributed by atoms with E-state index in [1.54, 1.807) is 0 Å². The molecule has 0 amide bonds. The molecule has 114 valence electrons. The second-order valence-corrected chi connectivity index (χ2v) is 7.07. The van der Waals surface area contributed by atoms with E-state index in [0.29, 0.717) is 0 Å². The van der Waals surface area contributed by atoms with Crippen molar-refractivity contribution in [3.8, 4) is 11.1 Å². The quantitative estimate of drug-likeness (QED) is 0.481. The number of nitrogens with zero attached hydrogens (tertiary/aromatic N) is 1. The fourth-order valence-corrected chi connectivity index (χ4v) is 3.08. The van der Waals surface area contributed by atoms with Gasteiger partial charge in [0.15, 0.2) is 0 Å². The van der Waals surface area contributed by atoms with Crippen molar-refractivity contribution in [2.75, 3.05) is 0 Å². The summed E-state index contributed by atoms with van der Waals surface area (Å²) in [6.07, 6.45) is 0. The summed E-state index contributed by atoms with van der Waals surface area (Å²) in [5, 5.41) is 2.44. The number of aromatic nitrogens is 2. The number of hydrogen-bond acceptors (Lipinski definition) is 1. The summed E-state index contributed by atoms with van der Waals surface area (Å²) in [4.78, 5) is 8.40. The van der Waals surface area contributed by atoms with Gasteiger partial charge < -0.3 is 4.98 Å². The van der Waals surface area contributed by atoms with Crippen LogP contribution in [0.4, 0.5) is 0 Å². The maximum Gasteiger partial charge on any atom is 0.139 e. The Hall–Kier alpha value is -2.61. The second-order valence-electron chi connectivity index (χ2n) is 7.07. The SMILES string of the molecule is CC(C)(C)c1cc(-c2ccccc2)c2c(n1)[nH]c1ccccc12. The first-order chi connectivity index (χ1) is 11.0. The molecular weight excluding hydrogens is 280 g/mol. The van der Waals surface area contributed by atoms with E-state index in [0.717, 1.165) is 16.9 Å². The van der Waals surface area contributed by atoms with Gasteiger partial charge >= 0.3 is 0 Å². The molecule has 0 saturated heterocycles. The maximum atomic E-state index is 4.91. The van der Waals surface area contributed by atoms with Crippen LogP contribution in [0.1, 0.15) is 26.5 Å². The number of benzene rings is 2. The fraction of sp³-hybridized carbons (Fsp3) is 0.190. The van der Waals surface area contributed by atoms with Crippen LogP contribution in [0.15, 0.2) is 60.7 Å². The monoisotopic (exact) mass is 300 g/mol. The van der Waals surface area contributed by atoms with Crippen molar-refractivity contribution in [2.45, 2.75) is 26.2 Å². The Morgan fingerprint density at radius 2 is 1.57 bits per heavy atom. The van der Waals surface area contributed by atoms with E-state index in [9.17, 15) is 0 Å². The minimum atomic E-state index is 0.00894. The van der Waals surface area contributed by atoms with Crippen molar-refractivity contribution in [3.05, 3.63) is 66.4 Å². The molecule has 0 aliphatic rings. The zero-order chi connectivity index (χ0) is 16.0. The van der Waals surface area contributed by atoms with E-state index in [1.807, 2.05) is 0 Å². The lowest BCUT2D eigenvalue weighted by Gasteiger charge is -2.19. The molecule has 0 aliphatic heterocycles. The highest BCUT2D eigenvalue weighted by molar-refractivity contribution is 6.13. The smallest absolute Gasteiger partial charge is 0.139 e. The molecule has 4 aromatic rings. The Balaban J connectivity index is 2.16. The number of H-pyrrole nitrogens is 1. The molecule has 0 bridgehead atoms. The predicted octanol–water partition coefficient (Wildman–Crippen LogP) is 5.68. The van der Waals surface area contributed by atoms with Gasteiger partial charge in [0.2, 0.25) is 0 Å². The number of nitrogens with one attached hydrogen (secondary N) is 1. The fourth-order valence-electron chi connectivity index (χ4n) is 3.08. The van der Waals surface area contributed by atoms with Crippen molar-refractivity contribution in [1.29, 1.82) is 0 Å². The summed E-state index contributed by atoms with van der Waals surface area (Å²) in [6, 6.07) is 21.3. The van der Waals surface area contributed by atoms with Gasteiger partial charge in [-0.05, 0) is 23.3 Å². The van der Waals surface area contributed by atoms with Crippen LogP contribution in [0.2, 0.25) is 0 Å². The number of fused-ring (bicyclic) bond motifs is 3. The van der Waals surface area contributed by atoms with Crippen LogP contribution in [0, 0.1) is 0 Å². The Morgan fingerprint density at radius 3 is 2.30 bits per heavy atom. The van der Waals surface area contributed by atoms with Gasteiger partial charge in [-0.25, -0.2) is 4.98 Å². The molecule has 0 saturated carbocycles. The van der Waals surface area contributed by atoms with Gasteiger partial charge in [-0.15, -0.1) is 0 Å². The highest BCUT2D eigenvalue weighted by Crippen LogP contribution is 2.36. The van der Waals surface area contributed by atoms with Crippen LogP contribution < -0.4 is 0 Å². The second kappa shape index (κ2) is 4.95. The first-order valence-corrected chi connectivity index (χ1v) is 8.01. The molecule has 0 atom stereocenters. The molecule has 2 heterocycles. The van der Waals surface area contributed by atoms with Gasteiger partial charge in [0.25, 0.3) is 0 Å². The Bertz CT molecular complexity index is 989. The third-order valence-electron chi connectivity index (χ3n) is 4.32. The third kappa shape index (κ3) is 2.31. The van der Waals surface area contributed by atoms with Crippen LogP contribution in [0.25, 0.3) is 33.1 Å². The summed E-state index contributed by atoms with van der Waals surface area (Å²) in [7, 11) is 0. The highest BCUT2D eigenvalue weighted by Gasteiger charge is 2.20. The summed E-state index contributed by atoms with van der Waals surface area (Å²) in [6.45, 7) is 6.62. The third-order valence-corrected chi connectivity index (χ3v) is 4.32. The van der Waals surface area contributed by atoms with Crippen LogP contribution in [-0.4, -0.2) is 9.97 Å². The molecule has 4 rings (SSSR count). The first kappa shape index (κ1) is 14.0. The van der Waals surface area contributed by atoms with Crippen molar-refractivity contribution in [3.63, 3.8) is 0 Å². The van der Waals surface area contributed by atoms with Crippen LogP contribution in [-0.2, 0) is 5.41 Å². The molecule has 0 fully saturated rings. The van der Waals surface area contributed by atoms with E-state index in [2.05, 4.69) is 86.4 Å². The van der Waals surface area contributed by atoms with E-state index >= 15 is 0 Å². The summed E-state index contributed by atoms with van der Waals surface area (Å²) in [5.74, 6) is 0. The normalized spacial score (nSPS) is 12.1. The molecule has 2 aromatic carbocycles. The summed E-state index contributed by atoms with van der Waals surface area (Å²) >= 11 is 0. The lowest BCUT2D eigenvalue weighted by atomic mass is 9.89. The molecule has 0 unspecified atom stereocenters. The average molecular weight is 300 g/mol. The minimum Gasteiger partial charge on any atom is -0.339 e. The highest BCUT2D eigenvalue weighted by atomic mass is 14.9. The maximum absolute atomic E-state index is 4.91. The van der Waals surface area contributed by atoms with Crippen molar-refractivity contribution < 1.29 is 0 Å². The number of para-hydroxylation sites is 1. The molecule has 0 radical (unpaired) electrons. The summed E-state index contributed by atoms with van der Waals surface area (Å²) < 4.78 is 0. The van der Waals surface area contributed by atoms with Crippen molar-refractivity contribution in [1.82, 2.24) is 9.97 Å². The molecule has 1 N–H and O–H groups in total. The van der Waals surface area contributed by atoms with Gasteiger partial charge in [-0.1, -0.05) is 69.3 Å². The molecular formula is C21H20N2. The lowest BCUT2D eigenvalue weighted by molar-refractivity contribution is 0.571. The zero-order valence-electron chi connectivity index (χ0n) is 13.7. The molecule has 0 spiro atoms. The number of aromatic amines is 1. The number of pyridine rings is 1. The topological polar surface area (TPSA) is 28.7 Å². The van der Waals surface area contributed by atoms with E-state index in [-0.39, 0.29) is 5.41 Å². The van der Waals surface area contributed by atoms with E-state index < -0.39 is 0 Å². The largest absolute Gasteiger partial charge is 0.339 e. The van der Waals surface area contributed by atoms with Gasteiger partial charge in [0.1, 0.15) is 5.65 Å². The van der Waals surface area contributed by atoms with Gasteiger partial charge in [0, 0.05) is 27.4 Å². The van der Waals surface area contributed by atoms with Crippen LogP contribution >= 0.6 is 0 Å². The molecule has 2 aromatic heterocycles. The molecule has 0 aliphatic carbocycles. The van der Waals surface area contributed by atoms with Gasteiger partial charge in [0.05, 0.1) is 0 Å². The predicted molar refractivity (Wildman–Crippen MR) is 97.7 cm³/mol. The minimum absolute atomic E-state index is 0.00894. The number of hydrogen-bond donors (Lipinski definition) is 1. The first-order valence-electron chi connectivity index (χ1n) is 8.01. The van der Waals surface area contributed by atoms with Gasteiger partial charge in [-0.2, -0.15) is 0 Å². The van der Waals surface area contributed by atoms with Crippen LogP contribution in [0.3, 0.4) is 0 Å². The average Bonchev–Trinajstić information content (AvgIpc) is 2.92. The number of rotatable bonds is 1. The van der Waals surface area contributed by atoms with Crippen LogP contribution in [0.5, 0.6) is 0 Å². The molecule has 2 heteroatoms. The lowest BCUT2D eigenvalue weighted by Crippen LogP contribution is -2.13. The Morgan fingerprint density at radius 1 is 0.870 bits per heavy atom. The zero-order valence-corrected chi connectivity index (χ0v) is 13.7. The Labute approximate surface area is 136 Å². The Kier molecular flexibility index (Phi) is 3.02. The van der Waals surface area contributed by atoms with Crippen molar-refractivity contribution in [2.24, 2.45) is 0 Å². The summed E-state index contributed by atoms with van der Waals surface area (Å²) in [5.41, 5.74) is 5.70. The van der Waals surface area contributed by atoms with E-state index in [1.165, 1.54) is 21.9 Å². The van der Waals surface area contributed by atoms with E-state index in [4.69, 9.17) is 4.98 Å². The van der Waals surface area contributed by atoms with Gasteiger partial charge in [-0.3, -0.25) is 0 Å².